The van der Waals surface area contributed by atoms with E-state index >= 15 is 0 Å². The van der Waals surface area contributed by atoms with Crippen LogP contribution in [0.15, 0.2) is 41.9 Å². The number of thiophene rings is 1. The van der Waals surface area contributed by atoms with E-state index in [1.54, 1.807) is 6.20 Å². The van der Waals surface area contributed by atoms with Crippen molar-refractivity contribution in [3.8, 4) is 5.88 Å². The van der Waals surface area contributed by atoms with E-state index in [1.807, 2.05) is 40.6 Å². The Labute approximate surface area is 145 Å². The summed E-state index contributed by atoms with van der Waals surface area (Å²) in [6, 6.07) is 9.64. The number of morpholine rings is 1. The third kappa shape index (κ3) is 3.16. The first-order valence-corrected chi connectivity index (χ1v) is 9.19. The van der Waals surface area contributed by atoms with Crippen molar-refractivity contribution in [3.05, 3.63) is 46.8 Å². The van der Waals surface area contributed by atoms with E-state index in [1.165, 1.54) is 11.3 Å². The fourth-order valence-corrected chi connectivity index (χ4v) is 4.30. The molecule has 2 aliphatic rings. The van der Waals surface area contributed by atoms with Crippen molar-refractivity contribution >= 4 is 17.2 Å². The molecule has 0 unspecified atom stereocenters. The van der Waals surface area contributed by atoms with Crippen LogP contribution in [-0.2, 0) is 4.74 Å². The molecule has 1 aliphatic heterocycles. The van der Waals surface area contributed by atoms with Gasteiger partial charge in [0.1, 0.15) is 0 Å². The van der Waals surface area contributed by atoms with Crippen LogP contribution in [0.3, 0.4) is 0 Å². The van der Waals surface area contributed by atoms with Gasteiger partial charge < -0.3 is 14.4 Å². The normalized spacial score (nSPS) is 26.2. The number of aromatic nitrogens is 1. The van der Waals surface area contributed by atoms with Crippen LogP contribution >= 0.6 is 11.3 Å². The maximum atomic E-state index is 12.7. The van der Waals surface area contributed by atoms with Crippen LogP contribution in [0.4, 0.5) is 0 Å². The number of fused-ring (bicyclic) bond motifs is 1. The molecule has 0 aromatic carbocycles. The first kappa shape index (κ1) is 15.6. The number of carbonyl (C=O) groups is 1. The van der Waals surface area contributed by atoms with Gasteiger partial charge in [-0.15, -0.1) is 11.3 Å². The fraction of sp³-hybridized carbons (Fsp3) is 0.444. The van der Waals surface area contributed by atoms with Crippen LogP contribution in [0.25, 0.3) is 0 Å². The molecule has 0 N–H and O–H groups in total. The van der Waals surface area contributed by atoms with Crippen LogP contribution < -0.4 is 4.74 Å². The quantitative estimate of drug-likeness (QED) is 0.856. The van der Waals surface area contributed by atoms with E-state index in [4.69, 9.17) is 9.47 Å². The van der Waals surface area contributed by atoms with Crippen molar-refractivity contribution < 1.29 is 14.3 Å². The van der Waals surface area contributed by atoms with Crippen LogP contribution in [0, 0.1) is 5.92 Å². The zero-order valence-electron chi connectivity index (χ0n) is 13.3. The Morgan fingerprint density at radius 3 is 3.08 bits per heavy atom. The maximum Gasteiger partial charge on any atom is 0.264 e. The summed E-state index contributed by atoms with van der Waals surface area (Å²) in [4.78, 5) is 19.7. The van der Waals surface area contributed by atoms with Crippen molar-refractivity contribution in [2.24, 2.45) is 5.92 Å². The van der Waals surface area contributed by atoms with E-state index < -0.39 is 0 Å². The summed E-state index contributed by atoms with van der Waals surface area (Å²) in [7, 11) is 0. The van der Waals surface area contributed by atoms with Gasteiger partial charge in [-0.2, -0.15) is 0 Å². The molecule has 0 radical (unpaired) electrons. The second kappa shape index (κ2) is 6.91. The van der Waals surface area contributed by atoms with Crippen LogP contribution in [0.1, 0.15) is 22.5 Å². The standard InChI is InChI=1S/C18H20N2O3S/c21-18(16-4-3-9-24-16)20-7-8-22-15-11-13(10-14(15)20)12-23-17-5-1-2-6-19-17/h1-6,9,13-15H,7-8,10-12H2/t13-,14+,15+/m0/s1. The average Bonchev–Trinajstić information content (AvgIpc) is 3.29. The Balaban J connectivity index is 1.40. The number of amides is 1. The molecule has 1 saturated carbocycles. The summed E-state index contributed by atoms with van der Waals surface area (Å²) < 4.78 is 11.7. The Kier molecular flexibility index (Phi) is 4.49. The molecule has 4 rings (SSSR count). The Morgan fingerprint density at radius 1 is 1.33 bits per heavy atom. The predicted molar refractivity (Wildman–Crippen MR) is 91.3 cm³/mol. The number of carbonyl (C=O) groups excluding carboxylic acids is 1. The van der Waals surface area contributed by atoms with E-state index in [0.29, 0.717) is 31.6 Å². The van der Waals surface area contributed by atoms with E-state index in [2.05, 4.69) is 4.98 Å². The molecule has 0 spiro atoms. The Morgan fingerprint density at radius 2 is 2.29 bits per heavy atom. The summed E-state index contributed by atoms with van der Waals surface area (Å²) in [5.74, 6) is 1.17. The summed E-state index contributed by atoms with van der Waals surface area (Å²) >= 11 is 1.50. The third-order valence-corrected chi connectivity index (χ3v) is 5.59. The van der Waals surface area contributed by atoms with Crippen molar-refractivity contribution in [1.29, 1.82) is 0 Å². The lowest BCUT2D eigenvalue weighted by atomic mass is 10.1. The van der Waals surface area contributed by atoms with Gasteiger partial charge in [-0.1, -0.05) is 12.1 Å². The highest BCUT2D eigenvalue weighted by Gasteiger charge is 2.43. The topological polar surface area (TPSA) is 51.7 Å². The molecule has 0 bridgehead atoms. The summed E-state index contributed by atoms with van der Waals surface area (Å²) in [5.41, 5.74) is 0. The molecule has 5 nitrogen and oxygen atoms in total. The van der Waals surface area contributed by atoms with Crippen molar-refractivity contribution in [2.75, 3.05) is 19.8 Å². The lowest BCUT2D eigenvalue weighted by molar-refractivity contribution is -0.0447. The molecule has 1 aliphatic carbocycles. The molecule has 1 saturated heterocycles. The minimum Gasteiger partial charge on any atom is -0.477 e. The number of ether oxygens (including phenoxy) is 2. The van der Waals surface area contributed by atoms with Crippen LogP contribution in [-0.4, -0.2) is 47.7 Å². The number of nitrogens with zero attached hydrogens (tertiary/aromatic N) is 2. The van der Waals surface area contributed by atoms with Gasteiger partial charge in [0.2, 0.25) is 5.88 Å². The summed E-state index contributed by atoms with van der Waals surface area (Å²) in [6.45, 7) is 1.91. The highest BCUT2D eigenvalue weighted by molar-refractivity contribution is 7.12. The SMILES string of the molecule is O=C(c1cccs1)N1CCO[C@@H]2C[C@@H](COc3ccccn3)C[C@H]21. The lowest BCUT2D eigenvalue weighted by Gasteiger charge is -2.37. The van der Waals surface area contributed by atoms with Gasteiger partial charge in [-0.05, 0) is 36.3 Å². The molecular weight excluding hydrogens is 324 g/mol. The van der Waals surface area contributed by atoms with E-state index in [-0.39, 0.29) is 18.1 Å². The molecule has 2 aromatic heterocycles. The highest BCUT2D eigenvalue weighted by atomic mass is 32.1. The van der Waals surface area contributed by atoms with Gasteiger partial charge in [0.15, 0.2) is 0 Å². The van der Waals surface area contributed by atoms with Crippen LogP contribution in [0.2, 0.25) is 0 Å². The van der Waals surface area contributed by atoms with Gasteiger partial charge in [-0.3, -0.25) is 4.79 Å². The van der Waals surface area contributed by atoms with Gasteiger partial charge in [0.05, 0.1) is 30.2 Å². The summed E-state index contributed by atoms with van der Waals surface area (Å²) in [5, 5.41) is 1.95. The zero-order valence-corrected chi connectivity index (χ0v) is 14.2. The van der Waals surface area contributed by atoms with E-state index in [9.17, 15) is 4.79 Å². The largest absolute Gasteiger partial charge is 0.477 e. The third-order valence-electron chi connectivity index (χ3n) is 4.73. The molecule has 2 aromatic rings. The smallest absolute Gasteiger partial charge is 0.264 e. The lowest BCUT2D eigenvalue weighted by Crippen LogP contribution is -2.51. The first-order chi connectivity index (χ1) is 11.8. The molecule has 1 amide bonds. The molecular formula is C18H20N2O3S. The fourth-order valence-electron chi connectivity index (χ4n) is 3.62. The predicted octanol–water partition coefficient (Wildman–Crippen LogP) is 2.84. The van der Waals surface area contributed by atoms with E-state index in [0.717, 1.165) is 17.7 Å². The molecule has 6 heteroatoms. The van der Waals surface area contributed by atoms with Crippen molar-refractivity contribution in [2.45, 2.75) is 25.0 Å². The Hall–Kier alpha value is -1.92. The van der Waals surface area contributed by atoms with Gasteiger partial charge in [0, 0.05) is 18.8 Å². The van der Waals surface area contributed by atoms with Gasteiger partial charge in [-0.25, -0.2) is 4.98 Å². The minimum absolute atomic E-state index is 0.125. The number of hydrogen-bond acceptors (Lipinski definition) is 5. The molecule has 24 heavy (non-hydrogen) atoms. The number of hydrogen-bond donors (Lipinski definition) is 0. The highest BCUT2D eigenvalue weighted by Crippen LogP contribution is 2.35. The molecule has 3 heterocycles. The second-order valence-electron chi connectivity index (χ2n) is 6.27. The number of pyridine rings is 1. The average molecular weight is 344 g/mol. The molecule has 126 valence electrons. The van der Waals surface area contributed by atoms with Gasteiger partial charge in [0.25, 0.3) is 5.91 Å². The van der Waals surface area contributed by atoms with Crippen LogP contribution in [0.5, 0.6) is 5.88 Å². The monoisotopic (exact) mass is 344 g/mol. The van der Waals surface area contributed by atoms with Crippen molar-refractivity contribution in [3.63, 3.8) is 0 Å². The first-order valence-electron chi connectivity index (χ1n) is 8.31. The van der Waals surface area contributed by atoms with Crippen molar-refractivity contribution in [1.82, 2.24) is 9.88 Å². The Bertz CT molecular complexity index is 677. The molecule has 2 fully saturated rings. The maximum absolute atomic E-state index is 12.7. The minimum atomic E-state index is 0.125. The zero-order chi connectivity index (χ0) is 16.4. The van der Waals surface area contributed by atoms with Gasteiger partial charge >= 0.3 is 0 Å². The second-order valence-corrected chi connectivity index (χ2v) is 7.22. The molecule has 3 atom stereocenters. The summed E-state index contributed by atoms with van der Waals surface area (Å²) in [6.07, 6.45) is 3.72. The number of rotatable bonds is 4.